The maximum atomic E-state index is 12.0. The SMILES string of the molecule is Cc1ccc(C(=O)NC2(C)CCCC2)cc1. The zero-order valence-corrected chi connectivity index (χ0v) is 10.0. The van der Waals surface area contributed by atoms with Crippen molar-refractivity contribution in [2.24, 2.45) is 0 Å². The Labute approximate surface area is 97.1 Å². The molecule has 86 valence electrons. The van der Waals surface area contributed by atoms with E-state index >= 15 is 0 Å². The van der Waals surface area contributed by atoms with E-state index in [9.17, 15) is 4.79 Å². The summed E-state index contributed by atoms with van der Waals surface area (Å²) in [5.41, 5.74) is 1.96. The Morgan fingerprint density at radius 3 is 2.31 bits per heavy atom. The molecule has 1 aliphatic carbocycles. The summed E-state index contributed by atoms with van der Waals surface area (Å²) in [6.45, 7) is 4.17. The van der Waals surface area contributed by atoms with Crippen molar-refractivity contribution in [3.05, 3.63) is 35.4 Å². The van der Waals surface area contributed by atoms with Gasteiger partial charge in [-0.1, -0.05) is 30.5 Å². The molecule has 2 heteroatoms. The van der Waals surface area contributed by atoms with Crippen LogP contribution in [-0.4, -0.2) is 11.4 Å². The molecule has 0 unspecified atom stereocenters. The highest BCUT2D eigenvalue weighted by Crippen LogP contribution is 2.29. The van der Waals surface area contributed by atoms with Crippen molar-refractivity contribution in [3.8, 4) is 0 Å². The van der Waals surface area contributed by atoms with Crippen molar-refractivity contribution in [3.63, 3.8) is 0 Å². The number of amides is 1. The number of carbonyl (C=O) groups excluding carboxylic acids is 1. The molecule has 1 N–H and O–H groups in total. The van der Waals surface area contributed by atoms with E-state index in [0.717, 1.165) is 18.4 Å². The molecule has 2 nitrogen and oxygen atoms in total. The molecule has 16 heavy (non-hydrogen) atoms. The Hall–Kier alpha value is -1.31. The van der Waals surface area contributed by atoms with E-state index in [-0.39, 0.29) is 11.4 Å². The number of aryl methyl sites for hydroxylation is 1. The first kappa shape index (κ1) is 11.2. The number of benzene rings is 1. The summed E-state index contributed by atoms with van der Waals surface area (Å²) >= 11 is 0. The zero-order chi connectivity index (χ0) is 11.6. The average molecular weight is 217 g/mol. The zero-order valence-electron chi connectivity index (χ0n) is 10.0. The van der Waals surface area contributed by atoms with Gasteiger partial charge in [0.25, 0.3) is 5.91 Å². The van der Waals surface area contributed by atoms with Gasteiger partial charge in [-0.3, -0.25) is 4.79 Å². The van der Waals surface area contributed by atoms with Gasteiger partial charge in [0.05, 0.1) is 0 Å². The first-order valence-electron chi connectivity index (χ1n) is 5.98. The van der Waals surface area contributed by atoms with Crippen molar-refractivity contribution >= 4 is 5.91 Å². The molecule has 0 aromatic heterocycles. The summed E-state index contributed by atoms with van der Waals surface area (Å²) in [6.07, 6.45) is 4.66. The van der Waals surface area contributed by atoms with Gasteiger partial charge in [0.2, 0.25) is 0 Å². The summed E-state index contributed by atoms with van der Waals surface area (Å²) in [5, 5.41) is 3.15. The lowest BCUT2D eigenvalue weighted by Gasteiger charge is -2.25. The Balaban J connectivity index is 2.05. The number of carbonyl (C=O) groups is 1. The van der Waals surface area contributed by atoms with E-state index < -0.39 is 0 Å². The second-order valence-corrected chi connectivity index (χ2v) is 5.09. The van der Waals surface area contributed by atoms with Gasteiger partial charge in [0.1, 0.15) is 0 Å². The number of nitrogens with one attached hydrogen (secondary N) is 1. The van der Waals surface area contributed by atoms with Crippen LogP contribution in [0.2, 0.25) is 0 Å². The molecule has 0 heterocycles. The minimum absolute atomic E-state index is 0.0158. The van der Waals surface area contributed by atoms with Gasteiger partial charge in [-0.05, 0) is 38.8 Å². The van der Waals surface area contributed by atoms with Crippen LogP contribution in [0.25, 0.3) is 0 Å². The van der Waals surface area contributed by atoms with Crippen molar-refractivity contribution in [1.29, 1.82) is 0 Å². The van der Waals surface area contributed by atoms with Crippen molar-refractivity contribution < 1.29 is 4.79 Å². The molecule has 0 aliphatic heterocycles. The van der Waals surface area contributed by atoms with Gasteiger partial charge in [-0.25, -0.2) is 0 Å². The molecule has 1 fully saturated rings. The number of hydrogen-bond donors (Lipinski definition) is 1. The third kappa shape index (κ3) is 2.43. The van der Waals surface area contributed by atoms with E-state index in [1.165, 1.54) is 18.4 Å². The molecule has 2 rings (SSSR count). The van der Waals surface area contributed by atoms with E-state index in [2.05, 4.69) is 12.2 Å². The maximum absolute atomic E-state index is 12.0. The predicted molar refractivity (Wildman–Crippen MR) is 65.5 cm³/mol. The third-order valence-corrected chi connectivity index (χ3v) is 3.44. The van der Waals surface area contributed by atoms with Gasteiger partial charge in [-0.15, -0.1) is 0 Å². The second kappa shape index (κ2) is 4.28. The number of rotatable bonds is 2. The highest BCUT2D eigenvalue weighted by Gasteiger charge is 2.30. The fourth-order valence-corrected chi connectivity index (χ4v) is 2.33. The molecule has 1 amide bonds. The largest absolute Gasteiger partial charge is 0.347 e. The van der Waals surface area contributed by atoms with Crippen molar-refractivity contribution in [2.75, 3.05) is 0 Å². The Kier molecular flexibility index (Phi) is 2.99. The van der Waals surface area contributed by atoms with Crippen LogP contribution in [-0.2, 0) is 0 Å². The molecule has 1 aromatic carbocycles. The smallest absolute Gasteiger partial charge is 0.251 e. The average Bonchev–Trinajstić information content (AvgIpc) is 2.65. The van der Waals surface area contributed by atoms with Crippen LogP contribution in [0.4, 0.5) is 0 Å². The van der Waals surface area contributed by atoms with Crippen LogP contribution in [0.3, 0.4) is 0 Å². The van der Waals surface area contributed by atoms with E-state index in [0.29, 0.717) is 0 Å². The molecule has 0 spiro atoms. The lowest BCUT2D eigenvalue weighted by molar-refractivity contribution is 0.0908. The van der Waals surface area contributed by atoms with Gasteiger partial charge in [0, 0.05) is 11.1 Å². The van der Waals surface area contributed by atoms with Crippen molar-refractivity contribution in [2.45, 2.75) is 45.1 Å². The van der Waals surface area contributed by atoms with Crippen LogP contribution in [0.1, 0.15) is 48.5 Å². The number of hydrogen-bond acceptors (Lipinski definition) is 1. The van der Waals surface area contributed by atoms with Crippen LogP contribution in [0.5, 0.6) is 0 Å². The first-order valence-corrected chi connectivity index (χ1v) is 5.98. The fourth-order valence-electron chi connectivity index (χ4n) is 2.33. The Morgan fingerprint density at radius 1 is 1.19 bits per heavy atom. The molecule has 1 saturated carbocycles. The van der Waals surface area contributed by atoms with E-state index in [1.54, 1.807) is 0 Å². The summed E-state index contributed by atoms with van der Waals surface area (Å²) in [6, 6.07) is 7.74. The Bertz CT molecular complexity index is 374. The van der Waals surface area contributed by atoms with Gasteiger partial charge < -0.3 is 5.32 Å². The highest BCUT2D eigenvalue weighted by atomic mass is 16.1. The molecule has 1 aromatic rings. The summed E-state index contributed by atoms with van der Waals surface area (Å²) in [7, 11) is 0. The third-order valence-electron chi connectivity index (χ3n) is 3.44. The van der Waals surface area contributed by atoms with Crippen molar-refractivity contribution in [1.82, 2.24) is 5.32 Å². The minimum Gasteiger partial charge on any atom is -0.347 e. The Morgan fingerprint density at radius 2 is 1.75 bits per heavy atom. The molecule has 0 atom stereocenters. The summed E-state index contributed by atoms with van der Waals surface area (Å²) in [5.74, 6) is 0.0596. The second-order valence-electron chi connectivity index (χ2n) is 5.09. The summed E-state index contributed by atoms with van der Waals surface area (Å²) in [4.78, 5) is 12.0. The lowest BCUT2D eigenvalue weighted by Crippen LogP contribution is -2.43. The van der Waals surface area contributed by atoms with Crippen LogP contribution < -0.4 is 5.32 Å². The van der Waals surface area contributed by atoms with Crippen LogP contribution in [0, 0.1) is 6.92 Å². The molecular formula is C14H19NO. The summed E-state index contributed by atoms with van der Waals surface area (Å²) < 4.78 is 0. The van der Waals surface area contributed by atoms with Crippen LogP contribution in [0.15, 0.2) is 24.3 Å². The molecule has 1 aliphatic rings. The maximum Gasteiger partial charge on any atom is 0.251 e. The van der Waals surface area contributed by atoms with Gasteiger partial charge in [-0.2, -0.15) is 0 Å². The molecule has 0 radical (unpaired) electrons. The quantitative estimate of drug-likeness (QED) is 0.810. The van der Waals surface area contributed by atoms with E-state index in [1.807, 2.05) is 31.2 Å². The van der Waals surface area contributed by atoms with Gasteiger partial charge in [0.15, 0.2) is 0 Å². The first-order chi connectivity index (χ1) is 7.59. The predicted octanol–water partition coefficient (Wildman–Crippen LogP) is 3.06. The topological polar surface area (TPSA) is 29.1 Å². The standard InChI is InChI=1S/C14H19NO/c1-11-5-7-12(8-6-11)13(16)15-14(2)9-3-4-10-14/h5-8H,3-4,9-10H2,1-2H3,(H,15,16). The fraction of sp³-hybridized carbons (Fsp3) is 0.500. The van der Waals surface area contributed by atoms with E-state index in [4.69, 9.17) is 0 Å². The van der Waals surface area contributed by atoms with Gasteiger partial charge >= 0.3 is 0 Å². The minimum atomic E-state index is 0.0158. The molecule has 0 saturated heterocycles. The highest BCUT2D eigenvalue weighted by molar-refractivity contribution is 5.94. The van der Waals surface area contributed by atoms with Crippen LogP contribution >= 0.6 is 0 Å². The molecular weight excluding hydrogens is 198 g/mol. The lowest BCUT2D eigenvalue weighted by atomic mass is 10.00. The normalized spacial score (nSPS) is 18.4. The molecule has 0 bridgehead atoms. The monoisotopic (exact) mass is 217 g/mol.